The predicted octanol–water partition coefficient (Wildman–Crippen LogP) is 3.64. The maximum absolute atomic E-state index is 12.5. The highest BCUT2D eigenvalue weighted by Crippen LogP contribution is 2.16. The van der Waals surface area contributed by atoms with E-state index in [9.17, 15) is 9.59 Å². The smallest absolute Gasteiger partial charge is 0.270 e. The first-order valence-electron chi connectivity index (χ1n) is 10.2. The van der Waals surface area contributed by atoms with Crippen LogP contribution in [0.3, 0.4) is 0 Å². The monoisotopic (exact) mass is 407 g/mol. The summed E-state index contributed by atoms with van der Waals surface area (Å²) in [6.45, 7) is 2.42. The highest BCUT2D eigenvalue weighted by Gasteiger charge is 2.15. The van der Waals surface area contributed by atoms with Crippen molar-refractivity contribution in [2.75, 3.05) is 30.9 Å². The standard InChI is InChI=1S/C23H29N5O2/c1-17-22(28-16-8-6-9-20(28)25-17)23(30)24-15-7-4-5-10-21(29)26-18-11-13-19(14-12-18)27(2)3/h6,8-9,11-14,16H,4-5,7,10,15H2,1-3H3,(H,24,30)(H,26,29). The third-order valence-corrected chi connectivity index (χ3v) is 4.95. The molecule has 0 saturated carbocycles. The van der Waals surface area contributed by atoms with Gasteiger partial charge in [0.1, 0.15) is 11.3 Å². The quantitative estimate of drug-likeness (QED) is 0.531. The first kappa shape index (κ1) is 21.4. The fraction of sp³-hybridized carbons (Fsp3) is 0.348. The average molecular weight is 408 g/mol. The number of carbonyl (C=O) groups excluding carboxylic acids is 2. The Morgan fingerprint density at radius 1 is 1.03 bits per heavy atom. The Kier molecular flexibility index (Phi) is 7.06. The van der Waals surface area contributed by atoms with Crippen molar-refractivity contribution in [1.82, 2.24) is 14.7 Å². The van der Waals surface area contributed by atoms with Crippen molar-refractivity contribution in [3.05, 3.63) is 60.0 Å². The average Bonchev–Trinajstić information content (AvgIpc) is 3.06. The van der Waals surface area contributed by atoms with Crippen LogP contribution in [-0.4, -0.2) is 41.8 Å². The summed E-state index contributed by atoms with van der Waals surface area (Å²) in [5, 5.41) is 5.88. The molecule has 2 N–H and O–H groups in total. The Morgan fingerprint density at radius 3 is 2.53 bits per heavy atom. The lowest BCUT2D eigenvalue weighted by Crippen LogP contribution is -2.26. The number of fused-ring (bicyclic) bond motifs is 1. The molecule has 0 unspecified atom stereocenters. The topological polar surface area (TPSA) is 78.7 Å². The van der Waals surface area contributed by atoms with Gasteiger partial charge in [-0.2, -0.15) is 0 Å². The van der Waals surface area contributed by atoms with Crippen LogP contribution in [0.5, 0.6) is 0 Å². The molecule has 0 aliphatic rings. The van der Waals surface area contributed by atoms with E-state index in [0.29, 0.717) is 24.4 Å². The summed E-state index contributed by atoms with van der Waals surface area (Å²) in [6.07, 6.45) is 4.80. The number of imidazole rings is 1. The number of aromatic nitrogens is 2. The lowest BCUT2D eigenvalue weighted by Gasteiger charge is -2.13. The number of aryl methyl sites for hydroxylation is 1. The van der Waals surface area contributed by atoms with Crippen LogP contribution in [0.1, 0.15) is 41.9 Å². The molecule has 30 heavy (non-hydrogen) atoms. The fourth-order valence-electron chi connectivity index (χ4n) is 3.33. The summed E-state index contributed by atoms with van der Waals surface area (Å²) in [5.41, 5.74) is 3.96. The van der Waals surface area contributed by atoms with Crippen molar-refractivity contribution >= 4 is 28.8 Å². The number of amides is 2. The zero-order chi connectivity index (χ0) is 21.5. The minimum atomic E-state index is -0.120. The Bertz CT molecular complexity index is 1010. The second-order valence-corrected chi connectivity index (χ2v) is 7.53. The molecule has 2 heterocycles. The first-order chi connectivity index (χ1) is 14.5. The normalized spacial score (nSPS) is 10.8. The number of nitrogens with zero attached hydrogens (tertiary/aromatic N) is 3. The zero-order valence-electron chi connectivity index (χ0n) is 17.8. The number of nitrogens with one attached hydrogen (secondary N) is 2. The molecule has 2 amide bonds. The van der Waals surface area contributed by atoms with Crippen LogP contribution < -0.4 is 15.5 Å². The van der Waals surface area contributed by atoms with Gasteiger partial charge < -0.3 is 15.5 Å². The van der Waals surface area contributed by atoms with E-state index in [4.69, 9.17) is 0 Å². The molecule has 7 nitrogen and oxygen atoms in total. The first-order valence-corrected chi connectivity index (χ1v) is 10.2. The third kappa shape index (κ3) is 5.37. The van der Waals surface area contributed by atoms with Crippen molar-refractivity contribution in [2.45, 2.75) is 32.6 Å². The van der Waals surface area contributed by atoms with Gasteiger partial charge in [-0.3, -0.25) is 14.0 Å². The van der Waals surface area contributed by atoms with Crippen LogP contribution in [-0.2, 0) is 4.79 Å². The van der Waals surface area contributed by atoms with Gasteiger partial charge >= 0.3 is 0 Å². The number of hydrogen-bond acceptors (Lipinski definition) is 4. The molecule has 0 fully saturated rings. The Hall–Kier alpha value is -3.35. The molecule has 0 saturated heterocycles. The van der Waals surface area contributed by atoms with Gasteiger partial charge in [-0.25, -0.2) is 4.98 Å². The molecule has 3 aromatic rings. The van der Waals surface area contributed by atoms with Crippen LogP contribution in [0.4, 0.5) is 11.4 Å². The summed E-state index contributed by atoms with van der Waals surface area (Å²) in [5.74, 6) is -0.108. The molecular weight excluding hydrogens is 378 g/mol. The van der Waals surface area contributed by atoms with Crippen LogP contribution in [0.2, 0.25) is 0 Å². The van der Waals surface area contributed by atoms with Crippen LogP contribution in [0, 0.1) is 6.92 Å². The van der Waals surface area contributed by atoms with E-state index < -0.39 is 0 Å². The second-order valence-electron chi connectivity index (χ2n) is 7.53. The van der Waals surface area contributed by atoms with E-state index >= 15 is 0 Å². The van der Waals surface area contributed by atoms with E-state index in [2.05, 4.69) is 15.6 Å². The Balaban J connectivity index is 1.35. The van der Waals surface area contributed by atoms with Gasteiger partial charge in [-0.1, -0.05) is 12.5 Å². The molecule has 158 valence electrons. The highest BCUT2D eigenvalue weighted by atomic mass is 16.2. The molecular formula is C23H29N5O2. The molecule has 0 atom stereocenters. The largest absolute Gasteiger partial charge is 0.378 e. The van der Waals surface area contributed by atoms with Crippen LogP contribution >= 0.6 is 0 Å². The van der Waals surface area contributed by atoms with E-state index in [1.807, 2.05) is 74.6 Å². The SMILES string of the molecule is Cc1nc2ccccn2c1C(=O)NCCCCCC(=O)Nc1ccc(N(C)C)cc1. The van der Waals surface area contributed by atoms with Gasteiger partial charge in [0.15, 0.2) is 0 Å². The van der Waals surface area contributed by atoms with Gasteiger partial charge in [0.2, 0.25) is 5.91 Å². The fourth-order valence-corrected chi connectivity index (χ4v) is 3.33. The lowest BCUT2D eigenvalue weighted by atomic mass is 10.2. The van der Waals surface area contributed by atoms with Crippen LogP contribution in [0.15, 0.2) is 48.7 Å². The van der Waals surface area contributed by atoms with E-state index in [0.717, 1.165) is 36.3 Å². The maximum atomic E-state index is 12.5. The molecule has 0 radical (unpaired) electrons. The molecule has 0 bridgehead atoms. The molecule has 0 aliphatic carbocycles. The molecule has 7 heteroatoms. The maximum Gasteiger partial charge on any atom is 0.270 e. The minimum absolute atomic E-state index is 0.0120. The van der Waals surface area contributed by atoms with Crippen molar-refractivity contribution in [1.29, 1.82) is 0 Å². The summed E-state index contributed by atoms with van der Waals surface area (Å²) in [7, 11) is 3.96. The van der Waals surface area contributed by atoms with Gasteiger partial charge in [-0.15, -0.1) is 0 Å². The number of carbonyl (C=O) groups is 2. The summed E-state index contributed by atoms with van der Waals surface area (Å²) >= 11 is 0. The molecule has 0 aliphatic heterocycles. The van der Waals surface area contributed by atoms with Crippen molar-refractivity contribution in [2.24, 2.45) is 0 Å². The second kappa shape index (κ2) is 9.91. The molecule has 1 aromatic carbocycles. The molecule has 0 spiro atoms. The number of anilines is 2. The predicted molar refractivity (Wildman–Crippen MR) is 120 cm³/mol. The third-order valence-electron chi connectivity index (χ3n) is 4.95. The summed E-state index contributed by atoms with van der Waals surface area (Å²) in [4.78, 5) is 31.0. The van der Waals surface area contributed by atoms with Gasteiger partial charge in [-0.05, 0) is 56.2 Å². The zero-order valence-corrected chi connectivity index (χ0v) is 17.8. The summed E-state index contributed by atoms with van der Waals surface area (Å²) < 4.78 is 1.81. The minimum Gasteiger partial charge on any atom is -0.378 e. The number of unbranched alkanes of at least 4 members (excludes halogenated alkanes) is 2. The van der Waals surface area contributed by atoms with Crippen molar-refractivity contribution in [3.63, 3.8) is 0 Å². The number of rotatable bonds is 9. The Labute approximate surface area is 177 Å². The summed E-state index contributed by atoms with van der Waals surface area (Å²) in [6, 6.07) is 13.4. The number of benzene rings is 1. The van der Waals surface area contributed by atoms with E-state index in [1.165, 1.54) is 0 Å². The van der Waals surface area contributed by atoms with Gasteiger partial charge in [0, 0.05) is 44.6 Å². The molecule has 3 rings (SSSR count). The van der Waals surface area contributed by atoms with Gasteiger partial charge in [0.05, 0.1) is 5.69 Å². The lowest BCUT2D eigenvalue weighted by molar-refractivity contribution is -0.116. The van der Waals surface area contributed by atoms with Crippen LogP contribution in [0.25, 0.3) is 5.65 Å². The number of pyridine rings is 1. The van der Waals surface area contributed by atoms with E-state index in [-0.39, 0.29) is 11.8 Å². The van der Waals surface area contributed by atoms with Gasteiger partial charge in [0.25, 0.3) is 5.91 Å². The number of hydrogen-bond donors (Lipinski definition) is 2. The van der Waals surface area contributed by atoms with E-state index in [1.54, 1.807) is 4.40 Å². The Morgan fingerprint density at radius 2 is 1.80 bits per heavy atom. The molecule has 2 aromatic heterocycles. The highest BCUT2D eigenvalue weighted by molar-refractivity contribution is 5.94. The van der Waals surface area contributed by atoms with Crippen molar-refractivity contribution < 1.29 is 9.59 Å². The van der Waals surface area contributed by atoms with Crippen molar-refractivity contribution in [3.8, 4) is 0 Å².